The van der Waals surface area contributed by atoms with Crippen molar-refractivity contribution in [2.75, 3.05) is 0 Å². The lowest BCUT2D eigenvalue weighted by molar-refractivity contribution is 0.223. The van der Waals surface area contributed by atoms with Gasteiger partial charge in [-0.05, 0) is 59.9 Å². The van der Waals surface area contributed by atoms with Gasteiger partial charge < -0.3 is 5.11 Å². The van der Waals surface area contributed by atoms with Crippen LogP contribution < -0.4 is 0 Å². The third kappa shape index (κ3) is 1.92. The fraction of sp³-hybridized carbons (Fsp3) is 0.333. The molecule has 0 amide bonds. The van der Waals surface area contributed by atoms with E-state index in [9.17, 15) is 5.11 Å². The largest absolute Gasteiger partial charge is 0.383 e. The summed E-state index contributed by atoms with van der Waals surface area (Å²) in [6.45, 7) is 2.06. The first kappa shape index (κ1) is 11.0. The molecule has 88 valence electrons. The van der Waals surface area contributed by atoms with E-state index in [0.29, 0.717) is 0 Å². The Balaban J connectivity index is 1.97. The Bertz CT molecular complexity index is 542. The minimum atomic E-state index is -0.458. The van der Waals surface area contributed by atoms with Crippen LogP contribution in [-0.2, 0) is 12.8 Å². The molecule has 1 atom stereocenters. The van der Waals surface area contributed by atoms with Crippen LogP contribution in [-0.4, -0.2) is 5.11 Å². The molecular weight excluding hydrogens is 228 g/mol. The van der Waals surface area contributed by atoms with Gasteiger partial charge in [0.2, 0.25) is 0 Å². The molecule has 1 aliphatic carbocycles. The molecule has 1 nitrogen and oxygen atoms in total. The Morgan fingerprint density at radius 2 is 2.00 bits per heavy atom. The van der Waals surface area contributed by atoms with Crippen molar-refractivity contribution in [3.8, 4) is 0 Å². The summed E-state index contributed by atoms with van der Waals surface area (Å²) < 4.78 is 0. The number of aryl methyl sites for hydroxylation is 3. The maximum absolute atomic E-state index is 10.4. The lowest BCUT2D eigenvalue weighted by Gasteiger charge is -2.12. The topological polar surface area (TPSA) is 20.2 Å². The zero-order valence-electron chi connectivity index (χ0n) is 9.94. The van der Waals surface area contributed by atoms with Gasteiger partial charge in [-0.3, -0.25) is 0 Å². The van der Waals surface area contributed by atoms with Crippen LogP contribution in [0.15, 0.2) is 29.6 Å². The van der Waals surface area contributed by atoms with Gasteiger partial charge in [0.1, 0.15) is 6.10 Å². The molecule has 0 aliphatic heterocycles. The maximum Gasteiger partial charge on any atom is 0.113 e. The molecule has 0 fully saturated rings. The van der Waals surface area contributed by atoms with Gasteiger partial charge in [0.15, 0.2) is 0 Å². The third-order valence-electron chi connectivity index (χ3n) is 3.59. The van der Waals surface area contributed by atoms with E-state index >= 15 is 0 Å². The maximum atomic E-state index is 10.4. The zero-order chi connectivity index (χ0) is 11.8. The molecule has 0 spiro atoms. The average molecular weight is 244 g/mol. The predicted molar refractivity (Wildman–Crippen MR) is 71.6 cm³/mol. The summed E-state index contributed by atoms with van der Waals surface area (Å²) in [5, 5.41) is 12.4. The first-order chi connectivity index (χ1) is 8.25. The summed E-state index contributed by atoms with van der Waals surface area (Å²) >= 11 is 1.64. The Hall–Kier alpha value is -1.12. The molecule has 0 radical (unpaired) electrons. The SMILES string of the molecule is Cc1ccsc1C(O)c1ccc2c(c1)CCC2. The van der Waals surface area contributed by atoms with Gasteiger partial charge in [-0.25, -0.2) is 0 Å². The van der Waals surface area contributed by atoms with Crippen molar-refractivity contribution in [3.63, 3.8) is 0 Å². The highest BCUT2D eigenvalue weighted by molar-refractivity contribution is 7.10. The van der Waals surface area contributed by atoms with Crippen LogP contribution in [0, 0.1) is 6.92 Å². The molecule has 1 N–H and O–H groups in total. The van der Waals surface area contributed by atoms with E-state index in [1.807, 2.05) is 5.38 Å². The standard InChI is InChI=1S/C15H16OS/c1-10-7-8-17-15(10)14(16)13-6-5-11-3-2-4-12(11)9-13/h5-9,14,16H,2-4H2,1H3. The van der Waals surface area contributed by atoms with Crippen LogP contribution in [0.4, 0.5) is 0 Å². The monoisotopic (exact) mass is 244 g/mol. The van der Waals surface area contributed by atoms with Gasteiger partial charge in [0.05, 0.1) is 0 Å². The van der Waals surface area contributed by atoms with E-state index < -0.39 is 6.10 Å². The third-order valence-corrected chi connectivity index (χ3v) is 4.66. The van der Waals surface area contributed by atoms with Gasteiger partial charge in [-0.2, -0.15) is 0 Å². The molecule has 0 saturated carbocycles. The van der Waals surface area contributed by atoms with Crippen LogP contribution in [0.1, 0.15) is 39.7 Å². The number of aliphatic hydroxyl groups excluding tert-OH is 1. The molecule has 1 heterocycles. The normalized spacial score (nSPS) is 15.9. The first-order valence-electron chi connectivity index (χ1n) is 6.09. The first-order valence-corrected chi connectivity index (χ1v) is 6.97. The summed E-state index contributed by atoms with van der Waals surface area (Å²) in [4.78, 5) is 1.07. The van der Waals surface area contributed by atoms with Gasteiger partial charge in [0, 0.05) is 4.88 Å². The second-order valence-electron chi connectivity index (χ2n) is 4.75. The Morgan fingerprint density at radius 3 is 2.76 bits per heavy atom. The van der Waals surface area contributed by atoms with Crippen molar-refractivity contribution in [1.29, 1.82) is 0 Å². The Kier molecular flexibility index (Phi) is 2.77. The van der Waals surface area contributed by atoms with Crippen molar-refractivity contribution in [2.45, 2.75) is 32.3 Å². The summed E-state index contributed by atoms with van der Waals surface area (Å²) in [5.41, 5.74) is 5.11. The Morgan fingerprint density at radius 1 is 1.18 bits per heavy atom. The lowest BCUT2D eigenvalue weighted by atomic mass is 10.0. The van der Waals surface area contributed by atoms with E-state index in [-0.39, 0.29) is 0 Å². The van der Waals surface area contributed by atoms with E-state index in [0.717, 1.165) is 10.4 Å². The average Bonchev–Trinajstić information content (AvgIpc) is 2.95. The summed E-state index contributed by atoms with van der Waals surface area (Å²) in [6.07, 6.45) is 3.16. The van der Waals surface area contributed by atoms with Crippen molar-refractivity contribution in [2.24, 2.45) is 0 Å². The molecule has 17 heavy (non-hydrogen) atoms. The fourth-order valence-corrected chi connectivity index (χ4v) is 3.52. The molecule has 0 saturated heterocycles. The highest BCUT2D eigenvalue weighted by Gasteiger charge is 2.17. The van der Waals surface area contributed by atoms with E-state index in [4.69, 9.17) is 0 Å². The minimum Gasteiger partial charge on any atom is -0.383 e. The van der Waals surface area contributed by atoms with Crippen molar-refractivity contribution in [1.82, 2.24) is 0 Å². The number of aliphatic hydroxyl groups is 1. The number of benzene rings is 1. The molecule has 2 heteroatoms. The molecule has 1 aromatic heterocycles. The van der Waals surface area contributed by atoms with Crippen LogP contribution in [0.5, 0.6) is 0 Å². The molecule has 0 bridgehead atoms. The fourth-order valence-electron chi connectivity index (χ4n) is 2.58. The molecule has 1 unspecified atom stereocenters. The van der Waals surface area contributed by atoms with Crippen LogP contribution in [0.25, 0.3) is 0 Å². The van der Waals surface area contributed by atoms with Gasteiger partial charge in [-0.15, -0.1) is 11.3 Å². The molecule has 3 rings (SSSR count). The molecule has 1 aliphatic rings. The highest BCUT2D eigenvalue weighted by atomic mass is 32.1. The Labute approximate surface area is 106 Å². The van der Waals surface area contributed by atoms with E-state index in [1.165, 1.54) is 36.0 Å². The number of rotatable bonds is 2. The van der Waals surface area contributed by atoms with Crippen LogP contribution in [0.2, 0.25) is 0 Å². The van der Waals surface area contributed by atoms with Gasteiger partial charge in [0.25, 0.3) is 0 Å². The predicted octanol–water partition coefficient (Wildman–Crippen LogP) is 3.63. The summed E-state index contributed by atoms with van der Waals surface area (Å²) in [6, 6.07) is 8.51. The second kappa shape index (κ2) is 4.28. The number of hydrogen-bond donors (Lipinski definition) is 1. The van der Waals surface area contributed by atoms with Gasteiger partial charge >= 0.3 is 0 Å². The summed E-state index contributed by atoms with van der Waals surface area (Å²) in [7, 11) is 0. The second-order valence-corrected chi connectivity index (χ2v) is 5.70. The number of thiophene rings is 1. The van der Waals surface area contributed by atoms with Crippen LogP contribution >= 0.6 is 11.3 Å². The van der Waals surface area contributed by atoms with Gasteiger partial charge in [-0.1, -0.05) is 18.2 Å². The van der Waals surface area contributed by atoms with E-state index in [2.05, 4.69) is 31.2 Å². The van der Waals surface area contributed by atoms with Crippen molar-refractivity contribution < 1.29 is 5.11 Å². The zero-order valence-corrected chi connectivity index (χ0v) is 10.8. The number of hydrogen-bond acceptors (Lipinski definition) is 2. The smallest absolute Gasteiger partial charge is 0.113 e. The molecule has 2 aromatic rings. The van der Waals surface area contributed by atoms with Crippen molar-refractivity contribution >= 4 is 11.3 Å². The van der Waals surface area contributed by atoms with Crippen molar-refractivity contribution in [3.05, 3.63) is 56.8 Å². The molecular formula is C15H16OS. The minimum absolute atomic E-state index is 0.458. The van der Waals surface area contributed by atoms with E-state index in [1.54, 1.807) is 11.3 Å². The lowest BCUT2D eigenvalue weighted by Crippen LogP contribution is -2.00. The number of fused-ring (bicyclic) bond motifs is 1. The molecule has 1 aromatic carbocycles. The van der Waals surface area contributed by atoms with Crippen LogP contribution in [0.3, 0.4) is 0 Å². The summed E-state index contributed by atoms with van der Waals surface area (Å²) in [5.74, 6) is 0. The quantitative estimate of drug-likeness (QED) is 0.855. The highest BCUT2D eigenvalue weighted by Crippen LogP contribution is 2.32.